The van der Waals surface area contributed by atoms with Gasteiger partial charge >= 0.3 is 11.9 Å². The number of hydrazone groups is 1. The van der Waals surface area contributed by atoms with Crippen LogP contribution in [0.25, 0.3) is 0 Å². The number of esters is 2. The Bertz CT molecular complexity index is 1280. The number of ether oxygens (including phenoxy) is 5. The molecular formula is C38H63N3O10. The minimum absolute atomic E-state index is 0.00233. The van der Waals surface area contributed by atoms with E-state index in [1.165, 1.54) is 6.92 Å². The highest BCUT2D eigenvalue weighted by molar-refractivity contribution is 5.89. The van der Waals surface area contributed by atoms with Crippen LogP contribution in [0.1, 0.15) is 79.2 Å². The number of methoxy groups -OCH3 is 1. The molecule has 1 aromatic rings. The lowest BCUT2D eigenvalue weighted by atomic mass is 9.74. The van der Waals surface area contributed by atoms with E-state index < -0.39 is 65.5 Å². The molecule has 2 saturated heterocycles. The Hall–Kier alpha value is -2.65. The summed E-state index contributed by atoms with van der Waals surface area (Å²) in [6.45, 7) is 10.5. The van der Waals surface area contributed by atoms with E-state index in [4.69, 9.17) is 29.5 Å². The third-order valence-electron chi connectivity index (χ3n) is 10.8. The van der Waals surface area contributed by atoms with Gasteiger partial charge in [-0.1, -0.05) is 58.0 Å². The van der Waals surface area contributed by atoms with Crippen molar-refractivity contribution in [3.8, 4) is 0 Å². The van der Waals surface area contributed by atoms with E-state index in [1.807, 2.05) is 63.2 Å². The summed E-state index contributed by atoms with van der Waals surface area (Å²) in [4.78, 5) is 28.6. The molecule has 0 spiro atoms. The van der Waals surface area contributed by atoms with Gasteiger partial charge in [0.05, 0.1) is 43.4 Å². The molecule has 0 amide bonds. The predicted octanol–water partition coefficient (Wildman–Crippen LogP) is 3.06. The van der Waals surface area contributed by atoms with Crippen molar-refractivity contribution in [1.29, 1.82) is 0 Å². The molecule has 5 N–H and O–H groups in total. The minimum Gasteiger partial charge on any atom is -0.465 e. The average Bonchev–Trinajstić information content (AvgIpc) is 3.08. The van der Waals surface area contributed by atoms with Gasteiger partial charge in [0, 0.05) is 24.8 Å². The Labute approximate surface area is 303 Å². The van der Waals surface area contributed by atoms with Gasteiger partial charge < -0.3 is 49.7 Å². The molecule has 13 nitrogen and oxygen atoms in total. The highest BCUT2D eigenvalue weighted by Gasteiger charge is 2.48. The number of hydrogen-bond acceptors (Lipinski definition) is 13. The van der Waals surface area contributed by atoms with E-state index >= 15 is 0 Å². The number of aliphatic hydroxyl groups excluding tert-OH is 2. The molecule has 0 saturated carbocycles. The van der Waals surface area contributed by atoms with Crippen LogP contribution in [-0.2, 0) is 39.7 Å². The minimum atomic E-state index is -1.83. The number of likely N-dealkylation sites (N-methyl/N-ethyl adjacent to an activating group) is 1. The van der Waals surface area contributed by atoms with Crippen molar-refractivity contribution in [2.75, 3.05) is 34.4 Å². The van der Waals surface area contributed by atoms with Crippen LogP contribution < -0.4 is 5.84 Å². The first-order chi connectivity index (χ1) is 24.0. The van der Waals surface area contributed by atoms with Crippen molar-refractivity contribution in [3.63, 3.8) is 0 Å². The van der Waals surface area contributed by atoms with Gasteiger partial charge in [-0.3, -0.25) is 9.59 Å². The molecule has 0 aliphatic carbocycles. The molecular weight excluding hydrogens is 658 g/mol. The first-order valence-electron chi connectivity index (χ1n) is 18.2. The molecule has 3 rings (SSSR count). The largest absolute Gasteiger partial charge is 0.465 e. The Balaban J connectivity index is 2.04. The molecule has 2 aliphatic heterocycles. The van der Waals surface area contributed by atoms with Crippen LogP contribution in [-0.4, -0.2) is 120 Å². The Morgan fingerprint density at radius 2 is 1.75 bits per heavy atom. The molecule has 13 heteroatoms. The van der Waals surface area contributed by atoms with Gasteiger partial charge in [-0.05, 0) is 77.4 Å². The smallest absolute Gasteiger partial charge is 0.310 e. The van der Waals surface area contributed by atoms with Crippen molar-refractivity contribution in [2.45, 2.75) is 128 Å². The van der Waals surface area contributed by atoms with Crippen molar-refractivity contribution < 1.29 is 48.6 Å². The molecule has 12 unspecified atom stereocenters. The van der Waals surface area contributed by atoms with E-state index in [9.17, 15) is 24.9 Å². The second-order valence-electron chi connectivity index (χ2n) is 15.3. The Morgan fingerprint density at radius 1 is 1.08 bits per heavy atom. The molecule has 290 valence electrons. The summed E-state index contributed by atoms with van der Waals surface area (Å²) >= 11 is 0. The van der Waals surface area contributed by atoms with Crippen LogP contribution in [0.15, 0.2) is 35.4 Å². The quantitative estimate of drug-likeness (QED) is 0.158. The summed E-state index contributed by atoms with van der Waals surface area (Å²) < 4.78 is 30.4. The van der Waals surface area contributed by atoms with E-state index in [-0.39, 0.29) is 50.5 Å². The van der Waals surface area contributed by atoms with Crippen LogP contribution in [0.2, 0.25) is 0 Å². The summed E-state index contributed by atoms with van der Waals surface area (Å²) in [5, 5.41) is 38.3. The maximum atomic E-state index is 13.6. The number of carbonyl (C=O) groups excluding carboxylic acids is 2. The summed E-state index contributed by atoms with van der Waals surface area (Å²) in [7, 11) is 5.43. The third kappa shape index (κ3) is 11.2. The number of nitrogens with two attached hydrogens (primary N) is 1. The number of cyclic esters (lactones) is 1. The van der Waals surface area contributed by atoms with Crippen LogP contribution >= 0.6 is 0 Å². The molecule has 0 aromatic heterocycles. The van der Waals surface area contributed by atoms with Crippen LogP contribution in [0, 0.1) is 23.7 Å². The van der Waals surface area contributed by atoms with E-state index in [1.54, 1.807) is 27.9 Å². The molecule has 51 heavy (non-hydrogen) atoms. The summed E-state index contributed by atoms with van der Waals surface area (Å²) in [5.74, 6) is 2.85. The number of hydrogen-bond donors (Lipinski definition) is 4. The molecule has 1 aromatic carbocycles. The zero-order valence-electron chi connectivity index (χ0n) is 32.0. The fourth-order valence-electron chi connectivity index (χ4n) is 7.85. The van der Waals surface area contributed by atoms with Crippen molar-refractivity contribution in [1.82, 2.24) is 4.90 Å². The standard InChI is InChI=1S/C38H63N3O10/c1-10-30-37(6,46)34(43)26(5)32(40-39)24(3)19-38(47-9,22-49-33-29(41(7)8)17-25(4)50-36(33)45)20-28(16-23(2)35(44)51-30)21-48-31(42)18-27-14-12-11-13-15-27/h11-15,23-26,28-30,33-34,36,43,45-46H,10,16-22,39H2,1-9H3. The topological polar surface area (TPSA) is 183 Å². The molecule has 0 bridgehead atoms. The lowest BCUT2D eigenvalue weighted by Crippen LogP contribution is -2.57. The summed E-state index contributed by atoms with van der Waals surface area (Å²) in [6, 6.07) is 9.15. The number of aliphatic hydroxyl groups is 3. The molecule has 2 aliphatic rings. The first kappa shape index (κ1) is 42.8. The Morgan fingerprint density at radius 3 is 2.33 bits per heavy atom. The second-order valence-corrected chi connectivity index (χ2v) is 15.3. The van der Waals surface area contributed by atoms with Crippen LogP contribution in [0.5, 0.6) is 0 Å². The fraction of sp³-hybridized carbons (Fsp3) is 0.763. The van der Waals surface area contributed by atoms with E-state index in [0.29, 0.717) is 25.0 Å². The van der Waals surface area contributed by atoms with Crippen LogP contribution in [0.3, 0.4) is 0 Å². The van der Waals surface area contributed by atoms with Crippen molar-refractivity contribution in [2.24, 2.45) is 34.6 Å². The summed E-state index contributed by atoms with van der Waals surface area (Å²) in [5.41, 5.74) is -1.65. The summed E-state index contributed by atoms with van der Waals surface area (Å²) in [6.07, 6.45) is -2.59. The average molecular weight is 722 g/mol. The third-order valence-corrected chi connectivity index (χ3v) is 10.8. The van der Waals surface area contributed by atoms with E-state index in [2.05, 4.69) is 5.10 Å². The first-order valence-corrected chi connectivity index (χ1v) is 18.2. The molecule has 12 atom stereocenters. The SMILES string of the molecule is CCC1OC(=O)C(C)CC(COC(=O)Cc2ccccc2)CC(COC2C(O)OC(C)CC2N(C)C)(OC)CC(C)C(=NN)C(C)C(O)C1(C)O. The van der Waals surface area contributed by atoms with Crippen molar-refractivity contribution >= 4 is 17.7 Å². The van der Waals surface area contributed by atoms with Crippen molar-refractivity contribution in [3.05, 3.63) is 35.9 Å². The normalized spacial score (nSPS) is 38.2. The maximum absolute atomic E-state index is 13.6. The fourth-order valence-corrected chi connectivity index (χ4v) is 7.85. The second kappa shape index (κ2) is 18.9. The highest BCUT2D eigenvalue weighted by atomic mass is 16.6. The van der Waals surface area contributed by atoms with E-state index in [0.717, 1.165) is 5.56 Å². The monoisotopic (exact) mass is 721 g/mol. The number of carbonyl (C=O) groups is 2. The lowest BCUT2D eigenvalue weighted by Gasteiger charge is -2.45. The number of nitrogens with zero attached hydrogens (tertiary/aromatic N) is 2. The lowest BCUT2D eigenvalue weighted by molar-refractivity contribution is -0.255. The van der Waals surface area contributed by atoms with Gasteiger partial charge in [0.1, 0.15) is 17.8 Å². The Kier molecular flexibility index (Phi) is 15.9. The van der Waals surface area contributed by atoms with Gasteiger partial charge in [-0.25, -0.2) is 0 Å². The van der Waals surface area contributed by atoms with Gasteiger partial charge in [0.2, 0.25) is 0 Å². The van der Waals surface area contributed by atoms with Gasteiger partial charge in [-0.2, -0.15) is 5.10 Å². The van der Waals surface area contributed by atoms with Gasteiger partial charge in [0.15, 0.2) is 6.29 Å². The highest BCUT2D eigenvalue weighted by Crippen LogP contribution is 2.37. The number of rotatable bonds is 10. The maximum Gasteiger partial charge on any atom is 0.310 e. The van der Waals surface area contributed by atoms with Gasteiger partial charge in [0.25, 0.3) is 0 Å². The van der Waals surface area contributed by atoms with Gasteiger partial charge in [-0.15, -0.1) is 0 Å². The van der Waals surface area contributed by atoms with Crippen LogP contribution in [0.4, 0.5) is 0 Å². The zero-order chi connectivity index (χ0) is 38.1. The molecule has 0 radical (unpaired) electrons. The molecule has 2 heterocycles. The number of benzene rings is 1. The predicted molar refractivity (Wildman–Crippen MR) is 192 cm³/mol. The zero-order valence-corrected chi connectivity index (χ0v) is 32.0. The molecule has 2 fully saturated rings.